The Labute approximate surface area is 69.4 Å². The van der Waals surface area contributed by atoms with E-state index in [9.17, 15) is 0 Å². The minimum Gasteiger partial charge on any atom is -0.278 e. The summed E-state index contributed by atoms with van der Waals surface area (Å²) in [7, 11) is 0. The predicted octanol–water partition coefficient (Wildman–Crippen LogP) is 1.46. The van der Waals surface area contributed by atoms with E-state index in [-0.39, 0.29) is 0 Å². The first-order chi connectivity index (χ1) is 5.38. The van der Waals surface area contributed by atoms with Crippen molar-refractivity contribution in [1.82, 2.24) is 9.97 Å². The Hall–Kier alpha value is -1.09. The first-order valence-electron chi connectivity index (χ1n) is 3.28. The molecule has 0 saturated carbocycles. The van der Waals surface area contributed by atoms with Gasteiger partial charge >= 0.3 is 0 Å². The Morgan fingerprint density at radius 3 is 3.27 bits per heavy atom. The Kier molecular flexibility index (Phi) is 1.51. The second kappa shape index (κ2) is 2.51. The molecule has 0 saturated heterocycles. The molecule has 1 aliphatic heterocycles. The topological polar surface area (TPSA) is 29.0 Å². The third-order valence-electron chi connectivity index (χ3n) is 1.53. The van der Waals surface area contributed by atoms with E-state index >= 15 is 0 Å². The molecule has 0 amide bonds. The van der Waals surface area contributed by atoms with Crippen molar-refractivity contribution in [2.24, 2.45) is 0 Å². The molecule has 0 unspecified atom stereocenters. The largest absolute Gasteiger partial charge is 0.278 e. The highest BCUT2D eigenvalue weighted by atomic mass is 35.5. The van der Waals surface area contributed by atoms with Crippen LogP contribution in [0.15, 0.2) is 18.6 Å². The lowest BCUT2D eigenvalue weighted by atomic mass is 10.2. The molecule has 4 heteroatoms. The van der Waals surface area contributed by atoms with Crippen molar-refractivity contribution < 1.29 is 0 Å². The Morgan fingerprint density at radius 2 is 2.45 bits per heavy atom. The number of nitrogens with zero attached hydrogens (tertiary/aromatic N) is 3. The van der Waals surface area contributed by atoms with Crippen molar-refractivity contribution >= 4 is 23.5 Å². The number of rotatable bonds is 0. The Bertz CT molecular complexity index is 297. The van der Waals surface area contributed by atoms with Gasteiger partial charge in [-0.1, -0.05) is 6.08 Å². The van der Waals surface area contributed by atoms with Crippen LogP contribution in [0, 0.1) is 0 Å². The van der Waals surface area contributed by atoms with E-state index in [1.54, 1.807) is 10.6 Å². The van der Waals surface area contributed by atoms with Crippen molar-refractivity contribution in [2.45, 2.75) is 0 Å². The van der Waals surface area contributed by atoms with Crippen LogP contribution in [-0.4, -0.2) is 16.5 Å². The average Bonchev–Trinajstić information content (AvgIpc) is 2.06. The smallest absolute Gasteiger partial charge is 0.116 e. The summed E-state index contributed by atoms with van der Waals surface area (Å²) in [4.78, 5) is 7.92. The van der Waals surface area contributed by atoms with Gasteiger partial charge in [0.15, 0.2) is 0 Å². The molecular weight excluding hydrogens is 162 g/mol. The zero-order valence-corrected chi connectivity index (χ0v) is 6.49. The number of hydrogen-bond donors (Lipinski definition) is 0. The van der Waals surface area contributed by atoms with Gasteiger partial charge in [-0.2, -0.15) is 0 Å². The van der Waals surface area contributed by atoms with Gasteiger partial charge in [0, 0.05) is 11.8 Å². The quantitative estimate of drug-likeness (QED) is 0.548. The van der Waals surface area contributed by atoms with Crippen LogP contribution in [0.4, 0.5) is 5.69 Å². The molecule has 0 bridgehead atoms. The van der Waals surface area contributed by atoms with Crippen molar-refractivity contribution in [2.75, 3.05) is 11.0 Å². The summed E-state index contributed by atoms with van der Waals surface area (Å²) >= 11 is 5.85. The zero-order chi connectivity index (χ0) is 7.68. The summed E-state index contributed by atoms with van der Waals surface area (Å²) in [6.45, 7) is 0.710. The van der Waals surface area contributed by atoms with Gasteiger partial charge in [0.25, 0.3) is 0 Å². The highest BCUT2D eigenvalue weighted by molar-refractivity contribution is 6.26. The average molecular weight is 168 g/mol. The summed E-state index contributed by atoms with van der Waals surface area (Å²) in [6, 6.07) is 0. The highest BCUT2D eigenvalue weighted by Crippen LogP contribution is 2.23. The SMILES string of the molecule is ClN1CC=Cc2ncncc21. The molecule has 3 nitrogen and oxygen atoms in total. The van der Waals surface area contributed by atoms with Crippen LogP contribution < -0.4 is 4.42 Å². The van der Waals surface area contributed by atoms with E-state index in [4.69, 9.17) is 11.8 Å². The minimum atomic E-state index is 0.710. The van der Waals surface area contributed by atoms with Crippen molar-refractivity contribution in [3.8, 4) is 0 Å². The van der Waals surface area contributed by atoms with E-state index in [0.717, 1.165) is 11.4 Å². The van der Waals surface area contributed by atoms with Gasteiger partial charge in [-0.05, 0) is 6.08 Å². The normalized spacial score (nSPS) is 14.8. The molecule has 0 fully saturated rings. The first kappa shape index (κ1) is 6.61. The van der Waals surface area contributed by atoms with Gasteiger partial charge in [0.05, 0.1) is 24.1 Å². The second-order valence-corrected chi connectivity index (χ2v) is 2.65. The number of halogens is 1. The lowest BCUT2D eigenvalue weighted by Crippen LogP contribution is -2.14. The number of fused-ring (bicyclic) bond motifs is 1. The van der Waals surface area contributed by atoms with Gasteiger partial charge in [0.1, 0.15) is 6.33 Å². The monoisotopic (exact) mass is 167 g/mol. The number of anilines is 1. The van der Waals surface area contributed by atoms with Crippen LogP contribution in [0.5, 0.6) is 0 Å². The van der Waals surface area contributed by atoms with Gasteiger partial charge in [-0.25, -0.2) is 9.97 Å². The fourth-order valence-electron chi connectivity index (χ4n) is 1.00. The van der Waals surface area contributed by atoms with Gasteiger partial charge in [-0.3, -0.25) is 4.42 Å². The predicted molar refractivity (Wildman–Crippen MR) is 44.3 cm³/mol. The van der Waals surface area contributed by atoms with Crippen LogP contribution in [0.3, 0.4) is 0 Å². The molecule has 1 aliphatic rings. The summed E-state index contributed by atoms with van der Waals surface area (Å²) < 4.78 is 1.59. The summed E-state index contributed by atoms with van der Waals surface area (Å²) in [6.07, 6.45) is 7.12. The van der Waals surface area contributed by atoms with E-state index in [1.165, 1.54) is 6.33 Å². The van der Waals surface area contributed by atoms with Crippen LogP contribution >= 0.6 is 11.8 Å². The lowest BCUT2D eigenvalue weighted by Gasteiger charge is -2.17. The van der Waals surface area contributed by atoms with Crippen molar-refractivity contribution in [1.29, 1.82) is 0 Å². The third-order valence-corrected chi connectivity index (χ3v) is 1.85. The van der Waals surface area contributed by atoms with Crippen LogP contribution in [0.25, 0.3) is 6.08 Å². The Balaban J connectivity index is 2.54. The van der Waals surface area contributed by atoms with Crippen molar-refractivity contribution in [3.63, 3.8) is 0 Å². The van der Waals surface area contributed by atoms with E-state index < -0.39 is 0 Å². The molecule has 2 rings (SSSR count). The number of aromatic nitrogens is 2. The Morgan fingerprint density at radius 1 is 1.55 bits per heavy atom. The maximum absolute atomic E-state index is 5.85. The fourth-order valence-corrected chi connectivity index (χ4v) is 1.21. The zero-order valence-electron chi connectivity index (χ0n) is 5.74. The fraction of sp³-hybridized carbons (Fsp3) is 0.143. The van der Waals surface area contributed by atoms with Gasteiger partial charge in [-0.15, -0.1) is 0 Å². The van der Waals surface area contributed by atoms with E-state index in [0.29, 0.717) is 6.54 Å². The molecule has 1 aromatic rings. The molecule has 0 N–H and O–H groups in total. The second-order valence-electron chi connectivity index (χ2n) is 2.24. The molecule has 0 spiro atoms. The van der Waals surface area contributed by atoms with Crippen LogP contribution in [0.1, 0.15) is 5.69 Å². The first-order valence-corrected chi connectivity index (χ1v) is 3.61. The standard InChI is InChI=1S/C7H6ClN3/c8-11-3-1-2-6-7(11)4-9-5-10-6/h1-2,4-5H,3H2. The third kappa shape index (κ3) is 1.07. The molecule has 0 aliphatic carbocycles. The van der Waals surface area contributed by atoms with Crippen molar-refractivity contribution in [3.05, 3.63) is 24.3 Å². The molecule has 2 heterocycles. The molecule has 11 heavy (non-hydrogen) atoms. The number of hydrogen-bond acceptors (Lipinski definition) is 3. The van der Waals surface area contributed by atoms with Crippen LogP contribution in [-0.2, 0) is 0 Å². The summed E-state index contributed by atoms with van der Waals surface area (Å²) in [5.74, 6) is 0. The highest BCUT2D eigenvalue weighted by Gasteiger charge is 2.10. The molecule has 0 atom stereocenters. The van der Waals surface area contributed by atoms with E-state index in [1.807, 2.05) is 12.2 Å². The molecule has 1 aromatic heterocycles. The van der Waals surface area contributed by atoms with Gasteiger partial charge < -0.3 is 0 Å². The molecule has 0 aromatic carbocycles. The molecule has 56 valence electrons. The van der Waals surface area contributed by atoms with E-state index in [2.05, 4.69) is 9.97 Å². The minimum absolute atomic E-state index is 0.710. The lowest BCUT2D eigenvalue weighted by molar-refractivity contribution is 1.08. The molecular formula is C7H6ClN3. The summed E-state index contributed by atoms with van der Waals surface area (Å²) in [5.41, 5.74) is 1.75. The summed E-state index contributed by atoms with van der Waals surface area (Å²) in [5, 5.41) is 0. The van der Waals surface area contributed by atoms with Crippen LogP contribution in [0.2, 0.25) is 0 Å². The maximum Gasteiger partial charge on any atom is 0.116 e. The maximum atomic E-state index is 5.85. The van der Waals surface area contributed by atoms with Gasteiger partial charge in [0.2, 0.25) is 0 Å². The molecule has 0 radical (unpaired) electrons.